The molecular formula is C16H16BrN3OS. The SMILES string of the molecule is CC(c1cccs1)N(C)Cc1nnc(-c2cccc(Br)c2)o1. The van der Waals surface area contributed by atoms with Gasteiger partial charge in [0, 0.05) is 21.0 Å². The van der Waals surface area contributed by atoms with E-state index in [0.717, 1.165) is 10.0 Å². The molecule has 3 rings (SSSR count). The van der Waals surface area contributed by atoms with Crippen LogP contribution in [0.2, 0.25) is 0 Å². The van der Waals surface area contributed by atoms with Crippen molar-refractivity contribution in [3.63, 3.8) is 0 Å². The first kappa shape index (κ1) is 15.4. The Bertz CT molecular complexity index is 741. The molecule has 114 valence electrons. The van der Waals surface area contributed by atoms with Crippen molar-refractivity contribution in [2.75, 3.05) is 7.05 Å². The standard InChI is InChI=1S/C16H16BrN3OS/c1-11(14-7-4-8-22-14)20(2)10-15-18-19-16(21-15)12-5-3-6-13(17)9-12/h3-9,11H,10H2,1-2H3. The highest BCUT2D eigenvalue weighted by molar-refractivity contribution is 9.10. The molecule has 2 heterocycles. The van der Waals surface area contributed by atoms with Gasteiger partial charge in [0.05, 0.1) is 6.54 Å². The topological polar surface area (TPSA) is 42.2 Å². The van der Waals surface area contributed by atoms with Crippen molar-refractivity contribution in [1.82, 2.24) is 15.1 Å². The molecule has 3 aromatic rings. The Morgan fingerprint density at radius 2 is 2.14 bits per heavy atom. The van der Waals surface area contributed by atoms with Gasteiger partial charge in [0.2, 0.25) is 11.8 Å². The average molecular weight is 378 g/mol. The minimum Gasteiger partial charge on any atom is -0.419 e. The Morgan fingerprint density at radius 3 is 2.86 bits per heavy atom. The number of nitrogens with zero attached hydrogens (tertiary/aromatic N) is 3. The largest absolute Gasteiger partial charge is 0.419 e. The van der Waals surface area contributed by atoms with Gasteiger partial charge in [0.15, 0.2) is 0 Å². The molecule has 22 heavy (non-hydrogen) atoms. The maximum absolute atomic E-state index is 5.78. The van der Waals surface area contributed by atoms with Crippen molar-refractivity contribution >= 4 is 27.3 Å². The predicted octanol–water partition coefficient (Wildman–Crippen LogP) is 4.75. The van der Waals surface area contributed by atoms with Crippen molar-refractivity contribution < 1.29 is 4.42 Å². The summed E-state index contributed by atoms with van der Waals surface area (Å²) in [5.74, 6) is 1.18. The molecule has 0 fully saturated rings. The number of benzene rings is 1. The first-order valence-electron chi connectivity index (χ1n) is 6.95. The zero-order valence-corrected chi connectivity index (χ0v) is 14.8. The molecule has 4 nitrogen and oxygen atoms in total. The Kier molecular flexibility index (Phi) is 4.71. The van der Waals surface area contributed by atoms with E-state index in [1.165, 1.54) is 4.88 Å². The second kappa shape index (κ2) is 6.73. The molecule has 0 saturated carbocycles. The van der Waals surface area contributed by atoms with Crippen LogP contribution in [0.3, 0.4) is 0 Å². The number of halogens is 1. The summed E-state index contributed by atoms with van der Waals surface area (Å²) in [6, 6.07) is 12.4. The maximum Gasteiger partial charge on any atom is 0.247 e. The van der Waals surface area contributed by atoms with Gasteiger partial charge in [-0.25, -0.2) is 0 Å². The number of aromatic nitrogens is 2. The van der Waals surface area contributed by atoms with Crippen molar-refractivity contribution in [3.05, 3.63) is 57.0 Å². The number of hydrogen-bond donors (Lipinski definition) is 0. The lowest BCUT2D eigenvalue weighted by Gasteiger charge is -2.21. The molecule has 0 bridgehead atoms. The number of rotatable bonds is 5. The summed E-state index contributed by atoms with van der Waals surface area (Å²) in [6.07, 6.45) is 0. The summed E-state index contributed by atoms with van der Waals surface area (Å²) in [5.41, 5.74) is 0.919. The Hall–Kier alpha value is -1.50. The maximum atomic E-state index is 5.78. The fourth-order valence-electron chi connectivity index (χ4n) is 2.15. The molecule has 1 unspecified atom stereocenters. The molecular weight excluding hydrogens is 362 g/mol. The molecule has 0 radical (unpaired) electrons. The Balaban J connectivity index is 1.71. The van der Waals surface area contributed by atoms with Crippen molar-refractivity contribution in [2.24, 2.45) is 0 Å². The van der Waals surface area contributed by atoms with Gasteiger partial charge in [-0.05, 0) is 43.6 Å². The molecule has 0 aliphatic carbocycles. The van der Waals surface area contributed by atoms with E-state index in [9.17, 15) is 0 Å². The van der Waals surface area contributed by atoms with Crippen molar-refractivity contribution in [3.8, 4) is 11.5 Å². The fourth-order valence-corrected chi connectivity index (χ4v) is 3.40. The third kappa shape index (κ3) is 3.45. The van der Waals surface area contributed by atoms with Gasteiger partial charge < -0.3 is 4.42 Å². The molecule has 0 spiro atoms. The van der Waals surface area contributed by atoms with Crippen LogP contribution < -0.4 is 0 Å². The molecule has 1 atom stereocenters. The summed E-state index contributed by atoms with van der Waals surface area (Å²) >= 11 is 5.21. The van der Waals surface area contributed by atoms with Crippen molar-refractivity contribution in [2.45, 2.75) is 19.5 Å². The average Bonchev–Trinajstić information content (AvgIpc) is 3.18. The third-order valence-electron chi connectivity index (χ3n) is 3.54. The molecule has 2 aromatic heterocycles. The van der Waals surface area contributed by atoms with Gasteiger partial charge in [-0.1, -0.05) is 28.1 Å². The van der Waals surface area contributed by atoms with Gasteiger partial charge in [-0.2, -0.15) is 0 Å². The lowest BCUT2D eigenvalue weighted by molar-refractivity contribution is 0.231. The molecule has 0 saturated heterocycles. The zero-order valence-electron chi connectivity index (χ0n) is 12.4. The van der Waals surface area contributed by atoms with Crippen LogP contribution in [-0.2, 0) is 6.54 Å². The molecule has 1 aromatic carbocycles. The minimum absolute atomic E-state index is 0.321. The highest BCUT2D eigenvalue weighted by Crippen LogP contribution is 2.26. The monoisotopic (exact) mass is 377 g/mol. The smallest absolute Gasteiger partial charge is 0.247 e. The van der Waals surface area contributed by atoms with Crippen LogP contribution in [-0.4, -0.2) is 22.1 Å². The van der Waals surface area contributed by atoms with Crippen LogP contribution in [0.1, 0.15) is 23.7 Å². The van der Waals surface area contributed by atoms with Gasteiger partial charge >= 0.3 is 0 Å². The molecule has 0 aliphatic heterocycles. The molecule has 0 N–H and O–H groups in total. The fraction of sp³-hybridized carbons (Fsp3) is 0.250. The second-order valence-electron chi connectivity index (χ2n) is 5.12. The summed E-state index contributed by atoms with van der Waals surface area (Å²) in [7, 11) is 2.06. The van der Waals surface area contributed by atoms with Crippen LogP contribution in [0.25, 0.3) is 11.5 Å². The summed E-state index contributed by atoms with van der Waals surface area (Å²) < 4.78 is 6.78. The van der Waals surface area contributed by atoms with E-state index in [0.29, 0.717) is 24.4 Å². The van der Waals surface area contributed by atoms with Gasteiger partial charge in [0.1, 0.15) is 0 Å². The van der Waals surface area contributed by atoms with Crippen LogP contribution >= 0.6 is 27.3 Å². The van der Waals surface area contributed by atoms with E-state index in [2.05, 4.69) is 62.5 Å². The van der Waals surface area contributed by atoms with E-state index in [-0.39, 0.29) is 0 Å². The van der Waals surface area contributed by atoms with Gasteiger partial charge in [0.25, 0.3) is 0 Å². The first-order valence-corrected chi connectivity index (χ1v) is 8.62. The van der Waals surface area contributed by atoms with E-state index < -0.39 is 0 Å². The Labute approximate surface area is 141 Å². The first-order chi connectivity index (χ1) is 10.6. The molecule has 0 aliphatic rings. The van der Waals surface area contributed by atoms with E-state index >= 15 is 0 Å². The number of thiophene rings is 1. The second-order valence-corrected chi connectivity index (χ2v) is 7.01. The van der Waals surface area contributed by atoms with Crippen LogP contribution in [0, 0.1) is 0 Å². The lowest BCUT2D eigenvalue weighted by atomic mass is 10.2. The van der Waals surface area contributed by atoms with Gasteiger partial charge in [-0.15, -0.1) is 21.5 Å². The predicted molar refractivity (Wildman–Crippen MR) is 91.6 cm³/mol. The quantitative estimate of drug-likeness (QED) is 0.642. The third-order valence-corrected chi connectivity index (χ3v) is 5.08. The summed E-state index contributed by atoms with van der Waals surface area (Å²) in [5, 5.41) is 10.4. The minimum atomic E-state index is 0.321. The van der Waals surface area contributed by atoms with Crippen LogP contribution in [0.15, 0.2) is 50.7 Å². The van der Waals surface area contributed by atoms with Gasteiger partial charge in [-0.3, -0.25) is 4.90 Å². The summed E-state index contributed by atoms with van der Waals surface area (Å²) in [6.45, 7) is 2.80. The summed E-state index contributed by atoms with van der Waals surface area (Å²) in [4.78, 5) is 3.53. The molecule has 6 heteroatoms. The van der Waals surface area contributed by atoms with Crippen LogP contribution in [0.4, 0.5) is 0 Å². The van der Waals surface area contributed by atoms with Crippen LogP contribution in [0.5, 0.6) is 0 Å². The van der Waals surface area contributed by atoms with E-state index in [4.69, 9.17) is 4.42 Å². The highest BCUT2D eigenvalue weighted by atomic mass is 79.9. The van der Waals surface area contributed by atoms with E-state index in [1.807, 2.05) is 24.3 Å². The normalized spacial score (nSPS) is 12.7. The number of hydrogen-bond acceptors (Lipinski definition) is 5. The Morgan fingerprint density at radius 1 is 1.27 bits per heavy atom. The highest BCUT2D eigenvalue weighted by Gasteiger charge is 2.16. The molecule has 0 amide bonds. The van der Waals surface area contributed by atoms with Crippen molar-refractivity contribution in [1.29, 1.82) is 0 Å². The zero-order chi connectivity index (χ0) is 15.5. The van der Waals surface area contributed by atoms with E-state index in [1.54, 1.807) is 11.3 Å². The lowest BCUT2D eigenvalue weighted by Crippen LogP contribution is -2.21.